The first-order valence-electron chi connectivity index (χ1n) is 5.96. The number of pyridine rings is 1. The van der Waals surface area contributed by atoms with Crippen LogP contribution in [0.15, 0.2) is 18.2 Å². The third-order valence-electron chi connectivity index (χ3n) is 2.17. The summed E-state index contributed by atoms with van der Waals surface area (Å²) >= 11 is 0. The smallest absolute Gasteiger partial charge is 0.239 e. The van der Waals surface area contributed by atoms with Crippen molar-refractivity contribution in [3.8, 4) is 0 Å². The first kappa shape index (κ1) is 14.2. The average molecular weight is 252 g/mol. The molecule has 6 heteroatoms. The number of amides is 1. The van der Waals surface area contributed by atoms with E-state index in [9.17, 15) is 4.79 Å². The van der Waals surface area contributed by atoms with Crippen LogP contribution in [0.2, 0.25) is 0 Å². The van der Waals surface area contributed by atoms with E-state index in [0.717, 1.165) is 12.4 Å². The predicted molar refractivity (Wildman–Crippen MR) is 71.8 cm³/mol. The summed E-state index contributed by atoms with van der Waals surface area (Å²) in [5.74, 6) is 1.39. The monoisotopic (exact) mass is 252 g/mol. The van der Waals surface area contributed by atoms with Gasteiger partial charge in [-0.3, -0.25) is 4.79 Å². The van der Waals surface area contributed by atoms with Crippen molar-refractivity contribution in [1.29, 1.82) is 0 Å². The van der Waals surface area contributed by atoms with Crippen LogP contribution in [-0.4, -0.2) is 44.2 Å². The second-order valence-electron chi connectivity index (χ2n) is 3.63. The topological polar surface area (TPSA) is 75.3 Å². The predicted octanol–water partition coefficient (Wildman–Crippen LogP) is 0.688. The van der Waals surface area contributed by atoms with Gasteiger partial charge in [-0.25, -0.2) is 4.98 Å². The van der Waals surface area contributed by atoms with Crippen molar-refractivity contribution in [3.05, 3.63) is 18.2 Å². The van der Waals surface area contributed by atoms with Crippen LogP contribution in [0, 0.1) is 0 Å². The number of aromatic nitrogens is 1. The van der Waals surface area contributed by atoms with Gasteiger partial charge in [0.25, 0.3) is 0 Å². The Morgan fingerprint density at radius 2 is 2.06 bits per heavy atom. The van der Waals surface area contributed by atoms with Crippen LogP contribution in [0.1, 0.15) is 6.92 Å². The molecule has 0 radical (unpaired) electrons. The molecule has 0 bridgehead atoms. The zero-order valence-electron chi connectivity index (χ0n) is 10.8. The van der Waals surface area contributed by atoms with Crippen molar-refractivity contribution in [1.82, 2.24) is 10.3 Å². The highest BCUT2D eigenvalue weighted by molar-refractivity contribution is 5.80. The molecule has 0 saturated heterocycles. The van der Waals surface area contributed by atoms with E-state index in [0.29, 0.717) is 19.0 Å². The van der Waals surface area contributed by atoms with Gasteiger partial charge in [0, 0.05) is 20.2 Å². The van der Waals surface area contributed by atoms with Crippen LogP contribution in [0.25, 0.3) is 0 Å². The van der Waals surface area contributed by atoms with Crippen molar-refractivity contribution < 1.29 is 9.53 Å². The summed E-state index contributed by atoms with van der Waals surface area (Å²) in [7, 11) is 1.60. The number of methoxy groups -OCH3 is 1. The minimum atomic E-state index is -0.0808. The number of nitrogens with one attached hydrogen (secondary N) is 3. The van der Waals surface area contributed by atoms with Crippen LogP contribution in [0.3, 0.4) is 0 Å². The molecule has 1 aromatic heterocycles. The molecule has 1 aromatic rings. The minimum Gasteiger partial charge on any atom is -0.383 e. The normalized spacial score (nSPS) is 9.89. The first-order valence-corrected chi connectivity index (χ1v) is 5.96. The van der Waals surface area contributed by atoms with Gasteiger partial charge in [-0.05, 0) is 19.1 Å². The molecule has 6 nitrogen and oxygen atoms in total. The molecule has 1 rings (SSSR count). The third-order valence-corrected chi connectivity index (χ3v) is 2.17. The van der Waals surface area contributed by atoms with E-state index in [1.54, 1.807) is 7.11 Å². The van der Waals surface area contributed by atoms with Crippen LogP contribution >= 0.6 is 0 Å². The summed E-state index contributed by atoms with van der Waals surface area (Å²) in [4.78, 5) is 15.7. The van der Waals surface area contributed by atoms with Gasteiger partial charge in [0.05, 0.1) is 13.2 Å². The molecule has 18 heavy (non-hydrogen) atoms. The molecular formula is C12H20N4O2. The lowest BCUT2D eigenvalue weighted by Gasteiger charge is -2.08. The van der Waals surface area contributed by atoms with Crippen molar-refractivity contribution in [2.24, 2.45) is 0 Å². The maximum atomic E-state index is 11.4. The lowest BCUT2D eigenvalue weighted by Crippen LogP contribution is -2.32. The summed E-state index contributed by atoms with van der Waals surface area (Å²) in [5.41, 5.74) is 0. The molecule has 0 aromatic carbocycles. The molecular weight excluding hydrogens is 232 g/mol. The lowest BCUT2D eigenvalue weighted by atomic mass is 10.4. The summed E-state index contributed by atoms with van der Waals surface area (Å²) in [5, 5.41) is 8.80. The Kier molecular flexibility index (Phi) is 6.56. The van der Waals surface area contributed by atoms with E-state index in [1.165, 1.54) is 0 Å². The highest BCUT2D eigenvalue weighted by atomic mass is 16.5. The molecule has 100 valence electrons. The quantitative estimate of drug-likeness (QED) is 0.593. The van der Waals surface area contributed by atoms with Crippen LogP contribution < -0.4 is 16.0 Å². The van der Waals surface area contributed by atoms with Crippen LogP contribution in [0.5, 0.6) is 0 Å². The van der Waals surface area contributed by atoms with Gasteiger partial charge in [-0.2, -0.15) is 0 Å². The van der Waals surface area contributed by atoms with Crippen molar-refractivity contribution >= 4 is 17.5 Å². The Morgan fingerprint density at radius 3 is 2.72 bits per heavy atom. The number of hydrogen-bond acceptors (Lipinski definition) is 5. The second-order valence-corrected chi connectivity index (χ2v) is 3.63. The Labute approximate surface area is 107 Å². The SMILES string of the molecule is CCNc1cccc(NCC(=O)NCCOC)n1. The minimum absolute atomic E-state index is 0.0808. The second kappa shape index (κ2) is 8.30. The molecule has 0 unspecified atom stereocenters. The van der Waals surface area contributed by atoms with Crippen molar-refractivity contribution in [2.45, 2.75) is 6.92 Å². The van der Waals surface area contributed by atoms with Gasteiger partial charge in [-0.15, -0.1) is 0 Å². The number of anilines is 2. The Balaban J connectivity index is 2.33. The molecule has 1 amide bonds. The number of rotatable bonds is 8. The molecule has 0 aliphatic carbocycles. The largest absolute Gasteiger partial charge is 0.383 e. The Hall–Kier alpha value is -1.82. The van der Waals surface area contributed by atoms with Crippen LogP contribution in [0.4, 0.5) is 11.6 Å². The molecule has 0 aliphatic heterocycles. The van der Waals surface area contributed by atoms with E-state index in [2.05, 4.69) is 20.9 Å². The number of carbonyl (C=O) groups excluding carboxylic acids is 1. The number of nitrogens with zero attached hydrogens (tertiary/aromatic N) is 1. The van der Waals surface area contributed by atoms with E-state index in [1.807, 2.05) is 25.1 Å². The summed E-state index contributed by atoms with van der Waals surface area (Å²) in [6, 6.07) is 5.59. The lowest BCUT2D eigenvalue weighted by molar-refractivity contribution is -0.119. The molecule has 0 fully saturated rings. The molecule has 0 aliphatic rings. The number of ether oxygens (including phenoxy) is 1. The highest BCUT2D eigenvalue weighted by Gasteiger charge is 2.01. The highest BCUT2D eigenvalue weighted by Crippen LogP contribution is 2.08. The van der Waals surface area contributed by atoms with Gasteiger partial charge >= 0.3 is 0 Å². The van der Waals surface area contributed by atoms with E-state index in [-0.39, 0.29) is 12.5 Å². The van der Waals surface area contributed by atoms with Gasteiger partial charge in [0.2, 0.25) is 5.91 Å². The maximum absolute atomic E-state index is 11.4. The zero-order chi connectivity index (χ0) is 13.2. The average Bonchev–Trinajstić information content (AvgIpc) is 2.38. The summed E-state index contributed by atoms with van der Waals surface area (Å²) in [6.45, 7) is 4.05. The number of hydrogen-bond donors (Lipinski definition) is 3. The molecule has 0 saturated carbocycles. The van der Waals surface area contributed by atoms with Crippen molar-refractivity contribution in [3.63, 3.8) is 0 Å². The number of carbonyl (C=O) groups is 1. The van der Waals surface area contributed by atoms with Gasteiger partial charge < -0.3 is 20.7 Å². The maximum Gasteiger partial charge on any atom is 0.239 e. The standard InChI is InChI=1S/C12H20N4O2/c1-3-13-10-5-4-6-11(16-10)15-9-12(17)14-7-8-18-2/h4-6H,3,7-9H2,1-2H3,(H,14,17)(H2,13,15,16). The summed E-state index contributed by atoms with van der Waals surface area (Å²) < 4.78 is 4.84. The molecule has 1 heterocycles. The van der Waals surface area contributed by atoms with Gasteiger partial charge in [-0.1, -0.05) is 6.07 Å². The molecule has 0 spiro atoms. The first-order chi connectivity index (χ1) is 8.76. The van der Waals surface area contributed by atoms with Crippen LogP contribution in [-0.2, 0) is 9.53 Å². The van der Waals surface area contributed by atoms with Gasteiger partial charge in [0.15, 0.2) is 0 Å². The van der Waals surface area contributed by atoms with E-state index in [4.69, 9.17) is 4.74 Å². The molecule has 3 N–H and O–H groups in total. The van der Waals surface area contributed by atoms with Crippen molar-refractivity contribution in [2.75, 3.05) is 44.0 Å². The Morgan fingerprint density at radius 1 is 1.33 bits per heavy atom. The fourth-order valence-electron chi connectivity index (χ4n) is 1.34. The Bertz CT molecular complexity index is 371. The fraction of sp³-hybridized carbons (Fsp3) is 0.500. The van der Waals surface area contributed by atoms with E-state index >= 15 is 0 Å². The third kappa shape index (κ3) is 5.49. The van der Waals surface area contributed by atoms with Gasteiger partial charge in [0.1, 0.15) is 11.6 Å². The van der Waals surface area contributed by atoms with E-state index < -0.39 is 0 Å². The zero-order valence-corrected chi connectivity index (χ0v) is 10.8. The fourth-order valence-corrected chi connectivity index (χ4v) is 1.34. The molecule has 0 atom stereocenters. The summed E-state index contributed by atoms with van der Waals surface area (Å²) in [6.07, 6.45) is 0.